The Morgan fingerprint density at radius 1 is 0.974 bits per heavy atom. The lowest BCUT2D eigenvalue weighted by molar-refractivity contribution is -0.155. The molecular formula is C58H80F3N11O6. The van der Waals surface area contributed by atoms with Gasteiger partial charge >= 0.3 is 12.1 Å². The number of piperazine rings is 1. The molecule has 9 heterocycles. The van der Waals surface area contributed by atoms with Gasteiger partial charge in [0, 0.05) is 119 Å². The van der Waals surface area contributed by atoms with Gasteiger partial charge in [-0.2, -0.15) is 13.2 Å². The van der Waals surface area contributed by atoms with E-state index in [1.807, 2.05) is 63.9 Å². The minimum Gasteiger partial charge on any atom is -0.464 e. The van der Waals surface area contributed by atoms with Gasteiger partial charge in [0.15, 0.2) is 0 Å². The molecule has 0 radical (unpaired) electrons. The number of benzene rings is 1. The second kappa shape index (κ2) is 21.7. The molecule has 1 aromatic carbocycles. The fourth-order valence-electron chi connectivity index (χ4n) is 13.6. The van der Waals surface area contributed by atoms with Gasteiger partial charge in [-0.3, -0.25) is 43.9 Å². The lowest BCUT2D eigenvalue weighted by atomic mass is 9.84. The number of ether oxygens (including phenoxy) is 2. The molecule has 7 aliphatic heterocycles. The molecule has 78 heavy (non-hydrogen) atoms. The number of hydrazine groups is 1. The third-order valence-corrected chi connectivity index (χ3v) is 18.0. The predicted octanol–water partition coefficient (Wildman–Crippen LogP) is 5.37. The molecule has 20 heteroatoms. The molecule has 1 saturated carbocycles. The van der Waals surface area contributed by atoms with Crippen LogP contribution in [0.1, 0.15) is 102 Å². The van der Waals surface area contributed by atoms with E-state index in [1.54, 1.807) is 13.2 Å². The summed E-state index contributed by atoms with van der Waals surface area (Å²) in [6, 6.07) is 5.91. The van der Waals surface area contributed by atoms with Gasteiger partial charge in [0.05, 0.1) is 48.1 Å². The average molecular weight is 1080 g/mol. The number of hydrogen-bond donors (Lipinski definition) is 3. The monoisotopic (exact) mass is 1080 g/mol. The third kappa shape index (κ3) is 11.6. The van der Waals surface area contributed by atoms with Crippen molar-refractivity contribution in [3.05, 3.63) is 53.4 Å². The summed E-state index contributed by atoms with van der Waals surface area (Å²) in [7, 11) is 1.58. The van der Waals surface area contributed by atoms with Gasteiger partial charge in [-0.15, -0.1) is 0 Å². The molecular weight excluding hydrogens is 1000 g/mol. The van der Waals surface area contributed by atoms with Crippen molar-refractivity contribution in [1.82, 2.24) is 50.2 Å². The molecule has 1 spiro atoms. The summed E-state index contributed by atoms with van der Waals surface area (Å²) in [6.45, 7) is 17.0. The van der Waals surface area contributed by atoms with Crippen LogP contribution in [0.3, 0.4) is 0 Å². The Kier molecular flexibility index (Phi) is 15.3. The van der Waals surface area contributed by atoms with Crippen molar-refractivity contribution in [2.24, 2.45) is 16.7 Å². The molecule has 11 rings (SSSR count). The van der Waals surface area contributed by atoms with Crippen molar-refractivity contribution >= 4 is 45.9 Å². The number of halogens is 3. The van der Waals surface area contributed by atoms with Crippen LogP contribution in [0.15, 0.2) is 36.5 Å². The van der Waals surface area contributed by atoms with E-state index in [9.17, 15) is 19.2 Å². The van der Waals surface area contributed by atoms with Crippen LogP contribution in [0.2, 0.25) is 0 Å². The van der Waals surface area contributed by atoms with Crippen molar-refractivity contribution in [2.75, 3.05) is 104 Å². The van der Waals surface area contributed by atoms with Crippen LogP contribution >= 0.6 is 0 Å². The molecule has 3 N–H and O–H groups in total. The maximum Gasteiger partial charge on any atom is 0.406 e. The van der Waals surface area contributed by atoms with Crippen molar-refractivity contribution in [3.63, 3.8) is 0 Å². The minimum atomic E-state index is -4.58. The van der Waals surface area contributed by atoms with E-state index >= 15 is 13.2 Å². The lowest BCUT2D eigenvalue weighted by Gasteiger charge is -2.38. The number of carbonyl (C=O) groups is 4. The quantitative estimate of drug-likeness (QED) is 0.166. The number of nitrogens with one attached hydrogen (secondary N) is 3. The summed E-state index contributed by atoms with van der Waals surface area (Å²) < 4.78 is 59.1. The molecule has 7 atom stereocenters. The molecule has 3 aromatic rings. The van der Waals surface area contributed by atoms with E-state index in [0.717, 1.165) is 62.4 Å². The fourth-order valence-corrected chi connectivity index (χ4v) is 13.6. The number of esters is 1. The Morgan fingerprint density at radius 2 is 1.74 bits per heavy atom. The standard InChI is InChI=1S/C58H80F3N11O6/c1-36(2)50(69-19-15-57(32-69)16-20-70(33-57)53(74)46-29-62-46)52(73)64-47-31-66-17-7-9-39(30-66)38-11-14-48-42(25-38)44(27-56(4,5)35-78-55(76)45-10-8-18-72(65-45)54(47)75)51(71(48)34-58(59,60)61)43-26-41(28-63-49(43)37(3)77-6)68-23-21-67(22-24-68)40-12-13-40/h9,11,14,25-26,28,36-37,40,45-47,50,62,65H,7-8,10,12-13,15-24,27,29-35H2,1-6H3,(H,64,73)/t37-,45-,46+,47-,50-,57-/m0/s1. The van der Waals surface area contributed by atoms with Crippen LogP contribution in [-0.2, 0) is 41.6 Å². The summed E-state index contributed by atoms with van der Waals surface area (Å²) in [4.78, 5) is 73.3. The van der Waals surface area contributed by atoms with Gasteiger partial charge in [-0.25, -0.2) is 5.43 Å². The molecule has 5 saturated heterocycles. The first-order valence-electron chi connectivity index (χ1n) is 28.7. The average Bonchev–Trinajstić information content (AvgIpc) is 4.55. The van der Waals surface area contributed by atoms with Crippen LogP contribution in [0.5, 0.6) is 0 Å². The van der Waals surface area contributed by atoms with E-state index in [0.29, 0.717) is 105 Å². The molecule has 6 bridgehead atoms. The van der Waals surface area contributed by atoms with Crippen molar-refractivity contribution in [3.8, 4) is 11.3 Å². The van der Waals surface area contributed by atoms with E-state index in [-0.39, 0.29) is 54.7 Å². The first-order chi connectivity index (χ1) is 37.3. The molecule has 17 nitrogen and oxygen atoms in total. The normalized spacial score (nSPS) is 28.2. The second-order valence-electron chi connectivity index (χ2n) is 25.0. The topological polar surface area (TPSA) is 170 Å². The fraction of sp³-hybridized carbons (Fsp3) is 0.672. The zero-order valence-corrected chi connectivity index (χ0v) is 46.4. The van der Waals surface area contributed by atoms with Gasteiger partial charge in [0.2, 0.25) is 11.8 Å². The highest BCUT2D eigenvalue weighted by molar-refractivity contribution is 5.95. The van der Waals surface area contributed by atoms with E-state index in [1.165, 1.54) is 22.4 Å². The second-order valence-corrected chi connectivity index (χ2v) is 25.0. The largest absolute Gasteiger partial charge is 0.464 e. The zero-order chi connectivity index (χ0) is 54.8. The van der Waals surface area contributed by atoms with E-state index < -0.39 is 48.3 Å². The van der Waals surface area contributed by atoms with E-state index in [4.69, 9.17) is 14.5 Å². The molecule has 6 fully saturated rings. The molecule has 8 aliphatic rings. The van der Waals surface area contributed by atoms with Crippen molar-refractivity contribution in [1.29, 1.82) is 0 Å². The number of cyclic esters (lactones) is 1. The number of likely N-dealkylation sites (tertiary alicyclic amines) is 2. The number of rotatable bonds is 11. The van der Waals surface area contributed by atoms with Crippen LogP contribution in [0, 0.1) is 16.7 Å². The van der Waals surface area contributed by atoms with Crippen LogP contribution < -0.4 is 21.0 Å². The van der Waals surface area contributed by atoms with Gasteiger partial charge < -0.3 is 34.5 Å². The third-order valence-electron chi connectivity index (χ3n) is 18.0. The number of hydrogen-bond acceptors (Lipinski definition) is 13. The number of alkyl halides is 3. The van der Waals surface area contributed by atoms with Crippen molar-refractivity contribution < 1.29 is 41.8 Å². The summed E-state index contributed by atoms with van der Waals surface area (Å²) >= 11 is 0. The van der Waals surface area contributed by atoms with Gasteiger partial charge in [0.1, 0.15) is 18.6 Å². The van der Waals surface area contributed by atoms with Gasteiger partial charge in [-0.05, 0) is 106 Å². The number of carbonyl (C=O) groups excluding carboxylic acids is 4. The number of fused-ring (bicyclic) bond motifs is 6. The van der Waals surface area contributed by atoms with Crippen molar-refractivity contribution in [2.45, 2.75) is 135 Å². The number of methoxy groups -OCH3 is 1. The summed E-state index contributed by atoms with van der Waals surface area (Å²) in [5, 5.41) is 8.52. The number of pyridine rings is 1. The van der Waals surface area contributed by atoms with Crippen LogP contribution in [0.4, 0.5) is 18.9 Å². The highest BCUT2D eigenvalue weighted by Crippen LogP contribution is 2.45. The highest BCUT2D eigenvalue weighted by Gasteiger charge is 2.50. The van der Waals surface area contributed by atoms with Crippen LogP contribution in [-0.4, -0.2) is 193 Å². The summed E-state index contributed by atoms with van der Waals surface area (Å²) in [5.74, 6) is -1.05. The maximum absolute atomic E-state index is 15.2. The Morgan fingerprint density at radius 3 is 2.46 bits per heavy atom. The minimum absolute atomic E-state index is 0.0484. The first kappa shape index (κ1) is 54.8. The molecule has 1 aliphatic carbocycles. The number of nitrogens with zero attached hydrogens (tertiary/aromatic N) is 8. The number of anilines is 1. The van der Waals surface area contributed by atoms with Crippen LogP contribution in [0.25, 0.3) is 27.7 Å². The lowest BCUT2D eigenvalue weighted by Crippen LogP contribution is -2.63. The van der Waals surface area contributed by atoms with Gasteiger partial charge in [0.25, 0.3) is 5.91 Å². The molecule has 424 valence electrons. The Balaban J connectivity index is 0.945. The molecule has 2 aromatic heterocycles. The number of aromatic nitrogens is 2. The molecule has 1 unspecified atom stereocenters. The van der Waals surface area contributed by atoms with E-state index in [2.05, 4.69) is 41.7 Å². The maximum atomic E-state index is 15.2. The Bertz CT molecular complexity index is 2800. The predicted molar refractivity (Wildman–Crippen MR) is 291 cm³/mol. The van der Waals surface area contributed by atoms with Gasteiger partial charge in [-0.1, -0.05) is 39.8 Å². The Labute approximate surface area is 456 Å². The zero-order valence-electron chi connectivity index (χ0n) is 46.4. The Hall–Kier alpha value is -5.12. The summed E-state index contributed by atoms with van der Waals surface area (Å²) in [6.07, 6.45) is 4.90. The SMILES string of the molecule is CO[C@@H](C)c1ncc(N2CCN(C3CC3)CC2)cc1-c1c2c3cc(ccc3n1CC(F)(F)F)C1=CCCN(C1)C[C@H](NC(=O)[C@H](C(C)C)N1CC[C@]3(CCN(C(=O)[C@H]4CN4)C3)C1)C(=O)N1CCC[C@H](N1)C(=O)OCC(C)(C)C2. The number of amides is 3. The first-order valence-corrected chi connectivity index (χ1v) is 28.7. The molecule has 3 amide bonds. The highest BCUT2D eigenvalue weighted by atomic mass is 19.4. The summed E-state index contributed by atoms with van der Waals surface area (Å²) in [5.41, 5.74) is 7.60. The smallest absolute Gasteiger partial charge is 0.406 e.